The number of anilines is 1. The van der Waals surface area contributed by atoms with E-state index in [1.807, 2.05) is 11.1 Å². The number of rotatable bonds is 5. The second kappa shape index (κ2) is 9.39. The van der Waals surface area contributed by atoms with Crippen LogP contribution in [0.25, 0.3) is 0 Å². The quantitative estimate of drug-likeness (QED) is 0.189. The molecule has 6 rings (SSSR count). The third kappa shape index (κ3) is 3.81. The number of non-ortho nitro benzene ring substituents is 1. The van der Waals surface area contributed by atoms with E-state index < -0.39 is 13.9 Å². The standard InChI is InChI=1S/C31H25N3O3S2/c1-20-10-4-6-12-25(20)30(26-13-7-5-11-21(26)2)27-14-8-9-15-28(27)31(39-30)33(32-29(38-31)22(3)35)23-16-18-24(19-17-23)34(36)37/h4-19H,1-3H3/t31-/m0/s1. The van der Waals surface area contributed by atoms with Crippen LogP contribution in [0.5, 0.6) is 0 Å². The van der Waals surface area contributed by atoms with Crippen molar-refractivity contribution in [1.82, 2.24) is 0 Å². The number of ketones is 1. The maximum absolute atomic E-state index is 12.8. The minimum Gasteiger partial charge on any atom is -0.292 e. The van der Waals surface area contributed by atoms with Gasteiger partial charge in [0.2, 0.25) is 0 Å². The Morgan fingerprint density at radius 2 is 1.31 bits per heavy atom. The summed E-state index contributed by atoms with van der Waals surface area (Å²) in [5, 5.41) is 18.5. The van der Waals surface area contributed by atoms with Gasteiger partial charge < -0.3 is 0 Å². The van der Waals surface area contributed by atoms with Crippen LogP contribution >= 0.6 is 23.5 Å². The average Bonchev–Trinajstić information content (AvgIpc) is 3.46. The van der Waals surface area contributed by atoms with Gasteiger partial charge in [0, 0.05) is 24.6 Å². The van der Waals surface area contributed by atoms with Crippen molar-refractivity contribution in [3.63, 3.8) is 0 Å². The molecule has 0 unspecified atom stereocenters. The minimum atomic E-state index is -0.821. The number of Topliss-reactive ketones (excluding diaryl/α,β-unsaturated/α-hetero) is 1. The highest BCUT2D eigenvalue weighted by Gasteiger charge is 2.62. The first-order chi connectivity index (χ1) is 18.8. The van der Waals surface area contributed by atoms with Gasteiger partial charge in [-0.3, -0.25) is 14.9 Å². The molecule has 0 aromatic heterocycles. The summed E-state index contributed by atoms with van der Waals surface area (Å²) in [7, 11) is 0. The Balaban J connectivity index is 1.66. The number of thioether (sulfide) groups is 2. The molecule has 1 atom stereocenters. The number of hydrogen-bond donors (Lipinski definition) is 0. The number of hydrazone groups is 1. The Bertz CT molecular complexity index is 1620. The molecule has 8 heteroatoms. The van der Waals surface area contributed by atoms with E-state index in [1.54, 1.807) is 23.9 Å². The molecule has 0 fully saturated rings. The fraction of sp³-hybridized carbons (Fsp3) is 0.161. The summed E-state index contributed by atoms with van der Waals surface area (Å²) in [6.07, 6.45) is 0. The zero-order valence-electron chi connectivity index (χ0n) is 21.6. The third-order valence-electron chi connectivity index (χ3n) is 7.30. The molecular weight excluding hydrogens is 526 g/mol. The van der Waals surface area contributed by atoms with Gasteiger partial charge in [-0.1, -0.05) is 96.3 Å². The Morgan fingerprint density at radius 3 is 1.82 bits per heavy atom. The molecule has 0 saturated heterocycles. The number of benzene rings is 4. The van der Waals surface area contributed by atoms with Gasteiger partial charge in [0.1, 0.15) is 0 Å². The smallest absolute Gasteiger partial charge is 0.269 e. The summed E-state index contributed by atoms with van der Waals surface area (Å²) in [4.78, 5) is 23.7. The molecule has 1 spiro atoms. The molecule has 2 heterocycles. The topological polar surface area (TPSA) is 75.8 Å². The van der Waals surface area contributed by atoms with Crippen molar-refractivity contribution in [3.05, 3.63) is 141 Å². The van der Waals surface area contributed by atoms with Gasteiger partial charge in [0.05, 0.1) is 15.4 Å². The van der Waals surface area contributed by atoms with Crippen molar-refractivity contribution in [2.75, 3.05) is 5.01 Å². The van der Waals surface area contributed by atoms with E-state index in [4.69, 9.17) is 5.10 Å². The fourth-order valence-electron chi connectivity index (χ4n) is 5.53. The molecule has 0 bridgehead atoms. The average molecular weight is 552 g/mol. The largest absolute Gasteiger partial charge is 0.292 e. The molecule has 2 aliphatic heterocycles. The highest BCUT2D eigenvalue weighted by molar-refractivity contribution is 8.27. The molecule has 194 valence electrons. The first-order valence-electron chi connectivity index (χ1n) is 12.5. The van der Waals surface area contributed by atoms with Gasteiger partial charge in [-0.25, -0.2) is 5.01 Å². The number of fused-ring (bicyclic) bond motifs is 2. The molecule has 6 nitrogen and oxygen atoms in total. The van der Waals surface area contributed by atoms with Crippen LogP contribution in [0, 0.1) is 24.0 Å². The highest BCUT2D eigenvalue weighted by Crippen LogP contribution is 2.71. The first-order valence-corrected chi connectivity index (χ1v) is 14.2. The van der Waals surface area contributed by atoms with Gasteiger partial charge in [-0.2, -0.15) is 5.10 Å². The zero-order valence-corrected chi connectivity index (χ0v) is 23.3. The Hall–Kier alpha value is -3.88. The molecule has 0 radical (unpaired) electrons. The lowest BCUT2D eigenvalue weighted by molar-refractivity contribution is -0.384. The van der Waals surface area contributed by atoms with E-state index in [-0.39, 0.29) is 11.5 Å². The van der Waals surface area contributed by atoms with Crippen LogP contribution in [-0.4, -0.2) is 15.8 Å². The summed E-state index contributed by atoms with van der Waals surface area (Å²) >= 11 is 3.20. The van der Waals surface area contributed by atoms with Gasteiger partial charge >= 0.3 is 0 Å². The molecule has 4 aromatic rings. The number of carbonyl (C=O) groups excluding carboxylic acids is 1. The summed E-state index contributed by atoms with van der Waals surface area (Å²) in [6.45, 7) is 5.80. The summed E-state index contributed by atoms with van der Waals surface area (Å²) in [6, 6.07) is 31.6. The zero-order chi connectivity index (χ0) is 27.4. The summed E-state index contributed by atoms with van der Waals surface area (Å²) in [5.74, 6) is -0.119. The van der Waals surface area contributed by atoms with Crippen LogP contribution in [0.3, 0.4) is 0 Å². The number of hydrogen-bond acceptors (Lipinski definition) is 7. The summed E-state index contributed by atoms with van der Waals surface area (Å²) < 4.78 is -1.42. The van der Waals surface area contributed by atoms with Crippen LogP contribution in [0.15, 0.2) is 102 Å². The molecule has 39 heavy (non-hydrogen) atoms. The maximum atomic E-state index is 12.8. The van der Waals surface area contributed by atoms with E-state index >= 15 is 0 Å². The summed E-state index contributed by atoms with van der Waals surface area (Å²) in [5.41, 5.74) is 7.54. The maximum Gasteiger partial charge on any atom is 0.269 e. The van der Waals surface area contributed by atoms with Crippen molar-refractivity contribution in [2.24, 2.45) is 5.10 Å². The minimum absolute atomic E-state index is 0.00376. The molecular formula is C31H25N3O3S2. The number of aryl methyl sites for hydroxylation is 2. The van der Waals surface area contributed by atoms with E-state index in [0.29, 0.717) is 10.7 Å². The number of nitrogens with zero attached hydrogens (tertiary/aromatic N) is 3. The van der Waals surface area contributed by atoms with Gasteiger partial charge in [-0.15, -0.1) is 0 Å². The van der Waals surface area contributed by atoms with Crippen LogP contribution in [0.4, 0.5) is 11.4 Å². The van der Waals surface area contributed by atoms with E-state index in [1.165, 1.54) is 41.9 Å². The molecule has 4 aromatic carbocycles. The monoisotopic (exact) mass is 551 g/mol. The fourth-order valence-corrected chi connectivity index (χ4v) is 9.26. The van der Waals surface area contributed by atoms with Crippen LogP contribution in [0.1, 0.15) is 40.3 Å². The lowest BCUT2D eigenvalue weighted by atomic mass is 9.79. The Kier molecular flexibility index (Phi) is 6.12. The lowest BCUT2D eigenvalue weighted by Crippen LogP contribution is -2.34. The van der Waals surface area contributed by atoms with Crippen molar-refractivity contribution in [3.8, 4) is 0 Å². The van der Waals surface area contributed by atoms with Crippen LogP contribution in [0.2, 0.25) is 0 Å². The van der Waals surface area contributed by atoms with Crippen molar-refractivity contribution < 1.29 is 9.72 Å². The second-order valence-corrected chi connectivity index (χ2v) is 12.5. The van der Waals surface area contributed by atoms with Crippen molar-refractivity contribution in [1.29, 1.82) is 0 Å². The van der Waals surface area contributed by atoms with Crippen molar-refractivity contribution in [2.45, 2.75) is 29.7 Å². The Labute approximate surface area is 235 Å². The van der Waals surface area contributed by atoms with E-state index in [0.717, 1.165) is 22.3 Å². The SMILES string of the molecule is CC(=O)C1=NN(c2ccc([N+](=O)[O-])cc2)[C@@]2(S1)SC(c1ccccc1C)(c1ccccc1C)c1ccccc12. The predicted octanol–water partition coefficient (Wildman–Crippen LogP) is 7.52. The van der Waals surface area contributed by atoms with Crippen molar-refractivity contribution >= 4 is 45.7 Å². The van der Waals surface area contributed by atoms with E-state index in [2.05, 4.69) is 80.6 Å². The van der Waals surface area contributed by atoms with Crippen LogP contribution < -0.4 is 5.01 Å². The lowest BCUT2D eigenvalue weighted by Gasteiger charge is -2.38. The molecule has 0 N–H and O–H groups in total. The highest BCUT2D eigenvalue weighted by atomic mass is 32.2. The van der Waals surface area contributed by atoms with Gasteiger partial charge in [0.25, 0.3) is 5.69 Å². The molecule has 2 aliphatic rings. The number of nitro groups is 1. The third-order valence-corrected chi connectivity index (χ3v) is 10.7. The number of carbonyl (C=O) groups is 1. The first kappa shape index (κ1) is 25.4. The molecule has 0 amide bonds. The van der Waals surface area contributed by atoms with Gasteiger partial charge in [0.15, 0.2) is 15.0 Å². The molecule has 0 aliphatic carbocycles. The predicted molar refractivity (Wildman–Crippen MR) is 159 cm³/mol. The second-order valence-electron chi connectivity index (χ2n) is 9.69. The number of nitro benzene ring substituents is 1. The molecule has 0 saturated carbocycles. The van der Waals surface area contributed by atoms with Crippen LogP contribution in [-0.2, 0) is 13.7 Å². The Morgan fingerprint density at radius 1 is 0.795 bits per heavy atom. The van der Waals surface area contributed by atoms with Gasteiger partial charge in [-0.05, 0) is 53.8 Å². The van der Waals surface area contributed by atoms with E-state index in [9.17, 15) is 14.9 Å². The normalized spacial score (nSPS) is 19.2.